The van der Waals surface area contributed by atoms with Crippen LogP contribution in [0, 0.1) is 0 Å². The average molecular weight is 522 g/mol. The molecule has 2 N–H and O–H groups in total. The number of carbonyl (C=O) groups is 1. The van der Waals surface area contributed by atoms with Crippen molar-refractivity contribution in [1.82, 2.24) is 4.72 Å². The summed E-state index contributed by atoms with van der Waals surface area (Å²) in [5.74, 6) is -1.25. The number of carboxylic acids is 1. The van der Waals surface area contributed by atoms with Gasteiger partial charge >= 0.3 is 5.97 Å². The highest BCUT2D eigenvalue weighted by atomic mass is 35.5. The molecule has 2 atom stereocenters. The first-order chi connectivity index (χ1) is 16.2. The molecule has 1 aromatic heterocycles. The number of sulfonamides is 1. The van der Waals surface area contributed by atoms with Gasteiger partial charge < -0.3 is 14.6 Å². The molecule has 0 radical (unpaired) electrons. The standard InChI is InChI=1S/C24H24ClNO6S2/c1-31-13-14-32-16-23(18-5-3-2-4-6-18)15-24(23,22(27)28)26-34(29,30)21-12-11-20(33-21)17-7-9-19(25)10-8-17/h2-12,26H,13-16H2,1H3,(H,27,28)/t23-,24+/m1/s1. The monoisotopic (exact) mass is 521 g/mol. The second-order valence-corrected chi connectivity index (χ2v) is 11.5. The molecular weight excluding hydrogens is 498 g/mol. The molecule has 1 fully saturated rings. The molecule has 4 rings (SSSR count). The van der Waals surface area contributed by atoms with Crippen molar-refractivity contribution in [1.29, 1.82) is 0 Å². The van der Waals surface area contributed by atoms with Gasteiger partial charge in [-0.2, -0.15) is 4.72 Å². The summed E-state index contributed by atoms with van der Waals surface area (Å²) in [5, 5.41) is 10.8. The Bertz CT molecular complexity index is 1260. The third-order valence-corrected chi connectivity index (χ3v) is 9.39. The molecule has 0 amide bonds. The second-order valence-electron chi connectivity index (χ2n) is 8.11. The van der Waals surface area contributed by atoms with Gasteiger partial charge in [-0.15, -0.1) is 11.3 Å². The third-order valence-electron chi connectivity index (χ3n) is 6.01. The Kier molecular flexibility index (Phi) is 7.14. The number of halogens is 1. The van der Waals surface area contributed by atoms with Gasteiger partial charge in [-0.1, -0.05) is 54.1 Å². The number of nitrogens with one attached hydrogen (secondary N) is 1. The number of aliphatic carboxylic acids is 1. The van der Waals surface area contributed by atoms with E-state index in [2.05, 4.69) is 4.72 Å². The van der Waals surface area contributed by atoms with Crippen LogP contribution in [-0.2, 0) is 29.7 Å². The minimum atomic E-state index is -4.13. The molecule has 7 nitrogen and oxygen atoms in total. The molecular formula is C24H24ClNO6S2. The van der Waals surface area contributed by atoms with Crippen LogP contribution < -0.4 is 4.72 Å². The maximum absolute atomic E-state index is 13.3. The topological polar surface area (TPSA) is 102 Å². The molecule has 3 aromatic rings. The molecule has 0 unspecified atom stereocenters. The molecule has 2 aromatic carbocycles. The number of thiophene rings is 1. The van der Waals surface area contributed by atoms with Gasteiger partial charge in [-0.05, 0) is 41.8 Å². The lowest BCUT2D eigenvalue weighted by Gasteiger charge is -2.24. The largest absolute Gasteiger partial charge is 0.480 e. The maximum Gasteiger partial charge on any atom is 0.325 e. The number of benzene rings is 2. The fourth-order valence-corrected chi connectivity index (χ4v) is 7.00. The molecule has 180 valence electrons. The number of hydrogen-bond donors (Lipinski definition) is 2. The first-order valence-corrected chi connectivity index (χ1v) is 13.2. The minimum absolute atomic E-state index is 0.0345. The highest BCUT2D eigenvalue weighted by Gasteiger charge is 2.75. The van der Waals surface area contributed by atoms with E-state index in [1.807, 2.05) is 6.07 Å². The molecule has 0 saturated heterocycles. The summed E-state index contributed by atoms with van der Waals surface area (Å²) in [4.78, 5) is 13.2. The lowest BCUT2D eigenvalue weighted by molar-refractivity contribution is -0.141. The van der Waals surface area contributed by atoms with Crippen LogP contribution >= 0.6 is 22.9 Å². The fraction of sp³-hybridized carbons (Fsp3) is 0.292. The van der Waals surface area contributed by atoms with Gasteiger partial charge in [-0.3, -0.25) is 4.79 Å². The SMILES string of the molecule is COCCOC[C@@]1(c2ccccc2)C[C@]1(NS(=O)(=O)c1ccc(-c2ccc(Cl)cc2)s1)C(=O)O. The molecule has 1 heterocycles. The van der Waals surface area contributed by atoms with Gasteiger partial charge in [0, 0.05) is 17.0 Å². The Morgan fingerprint density at radius 2 is 1.79 bits per heavy atom. The summed E-state index contributed by atoms with van der Waals surface area (Å²) < 4.78 is 40.0. The Hall–Kier alpha value is -2.27. The highest BCUT2D eigenvalue weighted by Crippen LogP contribution is 2.58. The minimum Gasteiger partial charge on any atom is -0.480 e. The summed E-state index contributed by atoms with van der Waals surface area (Å²) >= 11 is 7.01. The average Bonchev–Trinajstić information content (AvgIpc) is 3.19. The molecule has 1 saturated carbocycles. The molecule has 0 aliphatic heterocycles. The fourth-order valence-electron chi connectivity index (χ4n) is 4.13. The number of ether oxygens (including phenoxy) is 2. The Balaban J connectivity index is 1.64. The summed E-state index contributed by atoms with van der Waals surface area (Å²) in [6.07, 6.45) is 0.0704. The zero-order valence-electron chi connectivity index (χ0n) is 18.4. The van der Waals surface area contributed by atoms with E-state index in [9.17, 15) is 18.3 Å². The molecule has 34 heavy (non-hydrogen) atoms. The van der Waals surface area contributed by atoms with Crippen molar-refractivity contribution < 1.29 is 27.8 Å². The quantitative estimate of drug-likeness (QED) is 0.367. The van der Waals surface area contributed by atoms with Crippen molar-refractivity contribution in [2.24, 2.45) is 0 Å². The van der Waals surface area contributed by atoms with Crippen LogP contribution in [-0.4, -0.2) is 52.0 Å². The number of methoxy groups -OCH3 is 1. The summed E-state index contributed by atoms with van der Waals surface area (Å²) in [6, 6.07) is 19.2. The number of rotatable bonds is 11. The van der Waals surface area contributed by atoms with E-state index >= 15 is 0 Å². The first-order valence-electron chi connectivity index (χ1n) is 10.5. The van der Waals surface area contributed by atoms with Gasteiger partial charge in [0.05, 0.1) is 25.2 Å². The normalized spacial score (nSPS) is 21.9. The second kappa shape index (κ2) is 9.77. The molecule has 1 aliphatic carbocycles. The van der Waals surface area contributed by atoms with E-state index in [0.29, 0.717) is 17.2 Å². The first kappa shape index (κ1) is 24.8. The van der Waals surface area contributed by atoms with Gasteiger partial charge in [-0.25, -0.2) is 8.42 Å². The van der Waals surface area contributed by atoms with E-state index in [0.717, 1.165) is 21.8 Å². The van der Waals surface area contributed by atoms with Crippen LogP contribution in [0.15, 0.2) is 70.9 Å². The summed E-state index contributed by atoms with van der Waals surface area (Å²) in [6.45, 7) is 0.651. The summed E-state index contributed by atoms with van der Waals surface area (Å²) in [7, 11) is -2.58. The van der Waals surface area contributed by atoms with Crippen LogP contribution in [0.2, 0.25) is 5.02 Å². The lowest BCUT2D eigenvalue weighted by atomic mass is 9.91. The van der Waals surface area contributed by atoms with E-state index in [1.165, 1.54) is 6.07 Å². The number of hydrogen-bond acceptors (Lipinski definition) is 6. The predicted molar refractivity (Wildman–Crippen MR) is 131 cm³/mol. The van der Waals surface area contributed by atoms with Crippen LogP contribution in [0.3, 0.4) is 0 Å². The van der Waals surface area contributed by atoms with Gasteiger partial charge in [0.25, 0.3) is 10.0 Å². The Morgan fingerprint density at radius 1 is 1.09 bits per heavy atom. The Labute approximate surface area is 207 Å². The third kappa shape index (κ3) is 4.64. The number of carboxylic acid groups (broad SMARTS) is 1. The maximum atomic E-state index is 13.3. The van der Waals surface area contributed by atoms with E-state index in [-0.39, 0.29) is 23.8 Å². The zero-order chi connectivity index (χ0) is 24.4. The van der Waals surface area contributed by atoms with Crippen molar-refractivity contribution in [3.63, 3.8) is 0 Å². The predicted octanol–water partition coefficient (Wildman–Crippen LogP) is 4.17. The van der Waals surface area contributed by atoms with E-state index in [1.54, 1.807) is 61.7 Å². The van der Waals surface area contributed by atoms with E-state index < -0.39 is 26.9 Å². The molecule has 10 heteroatoms. The van der Waals surface area contributed by atoms with Crippen molar-refractivity contribution in [3.05, 3.63) is 77.3 Å². The van der Waals surface area contributed by atoms with Crippen LogP contribution in [0.1, 0.15) is 12.0 Å². The summed E-state index contributed by atoms with van der Waals surface area (Å²) in [5.41, 5.74) is -1.26. The molecule has 1 aliphatic rings. The van der Waals surface area contributed by atoms with Crippen molar-refractivity contribution in [3.8, 4) is 10.4 Å². The van der Waals surface area contributed by atoms with E-state index in [4.69, 9.17) is 21.1 Å². The molecule has 0 bridgehead atoms. The lowest BCUT2D eigenvalue weighted by Crippen LogP contribution is -2.50. The van der Waals surface area contributed by atoms with Crippen LogP contribution in [0.25, 0.3) is 10.4 Å². The smallest absolute Gasteiger partial charge is 0.325 e. The van der Waals surface area contributed by atoms with Crippen LogP contribution in [0.5, 0.6) is 0 Å². The van der Waals surface area contributed by atoms with Crippen molar-refractivity contribution in [2.45, 2.75) is 21.6 Å². The van der Waals surface area contributed by atoms with Crippen molar-refractivity contribution in [2.75, 3.05) is 26.9 Å². The van der Waals surface area contributed by atoms with Gasteiger partial charge in [0.1, 0.15) is 9.75 Å². The zero-order valence-corrected chi connectivity index (χ0v) is 20.8. The molecule has 0 spiro atoms. The van der Waals surface area contributed by atoms with Gasteiger partial charge in [0.2, 0.25) is 0 Å². The Morgan fingerprint density at radius 3 is 2.44 bits per heavy atom. The highest BCUT2D eigenvalue weighted by molar-refractivity contribution is 7.91. The van der Waals surface area contributed by atoms with Crippen molar-refractivity contribution >= 4 is 38.9 Å². The van der Waals surface area contributed by atoms with Gasteiger partial charge in [0.15, 0.2) is 0 Å². The van der Waals surface area contributed by atoms with Crippen LogP contribution in [0.4, 0.5) is 0 Å².